The van der Waals surface area contributed by atoms with E-state index in [1.54, 1.807) is 6.07 Å². The molecule has 5 rings (SSSR count). The molecule has 3 aliphatic rings. The number of ether oxygens (including phenoxy) is 3. The van der Waals surface area contributed by atoms with Crippen molar-refractivity contribution in [2.75, 3.05) is 13.7 Å². The molecule has 0 spiro atoms. The molecule has 2 aromatic rings. The van der Waals surface area contributed by atoms with Crippen LogP contribution >= 0.6 is 0 Å². The number of benzene rings is 1. The Balaban J connectivity index is 1.95. The Bertz CT molecular complexity index is 973. The van der Waals surface area contributed by atoms with Gasteiger partial charge in [-0.2, -0.15) is 0 Å². The Hall–Kier alpha value is -2.38. The molecule has 2 atom stereocenters. The first-order chi connectivity index (χ1) is 11.5. The van der Waals surface area contributed by atoms with Gasteiger partial charge in [-0.15, -0.1) is 0 Å². The Morgan fingerprint density at radius 1 is 1.33 bits per heavy atom. The summed E-state index contributed by atoms with van der Waals surface area (Å²) in [5.41, 5.74) is -0.713. The van der Waals surface area contributed by atoms with E-state index in [0.717, 1.165) is 0 Å². The SMILES string of the molecule is [13CH3]O[13c]1[13cH][13c]2[13c]([13c]3o[13c](=O)[13c]4[13c]([13c]13)[13CH2][13CH2][13C]4=O)[13C]1(O)[13CH2][13CH2]O[13CH]1O2. The van der Waals surface area contributed by atoms with Crippen LogP contribution in [0.1, 0.15) is 34.3 Å². The first kappa shape index (κ1) is 14.0. The van der Waals surface area contributed by atoms with Crippen LogP contribution in [0.3, 0.4) is 0 Å². The monoisotopic (exact) mass is 347 g/mol. The van der Waals surface area contributed by atoms with Gasteiger partial charge in [0.15, 0.2) is 17.0 Å². The van der Waals surface area contributed by atoms with E-state index in [-0.39, 0.29) is 23.4 Å². The van der Waals surface area contributed by atoms with Crippen LogP contribution < -0.4 is 15.1 Å². The highest BCUT2D eigenvalue weighted by Crippen LogP contribution is 2.53. The van der Waals surface area contributed by atoms with Gasteiger partial charge in [0.2, 0.25) is 6.29 Å². The van der Waals surface area contributed by atoms with E-state index in [1.165, 1.54) is 7.11 Å². The van der Waals surface area contributed by atoms with Crippen molar-refractivity contribution in [3.63, 3.8) is 0 Å². The van der Waals surface area contributed by atoms with E-state index in [4.69, 9.17) is 18.6 Å². The summed E-state index contributed by atoms with van der Waals surface area (Å²) in [7, 11) is 1.50. The van der Waals surface area contributed by atoms with Crippen molar-refractivity contribution in [2.45, 2.75) is 31.2 Å². The summed E-state index contributed by atoms with van der Waals surface area (Å²) in [6.45, 7) is 0.349. The highest BCUT2D eigenvalue weighted by Gasteiger charge is 2.55. The van der Waals surface area contributed by atoms with Crippen molar-refractivity contribution in [3.05, 3.63) is 33.2 Å². The van der Waals surface area contributed by atoms with Crippen LogP contribution in [0.5, 0.6) is 11.5 Å². The lowest BCUT2D eigenvalue weighted by Gasteiger charge is -2.20. The molecule has 1 aromatic heterocycles. The van der Waals surface area contributed by atoms with Crippen LogP contribution in [0.15, 0.2) is 15.3 Å². The molecule has 1 aromatic carbocycles. The maximum atomic E-state index is 12.3. The van der Waals surface area contributed by atoms with Crippen molar-refractivity contribution in [1.29, 1.82) is 0 Å². The van der Waals surface area contributed by atoms with Crippen LogP contribution in [0, 0.1) is 0 Å². The zero-order chi connectivity index (χ0) is 16.6. The molecular formula is C17H14O7. The maximum Gasteiger partial charge on any atom is 0.347 e. The lowest BCUT2D eigenvalue weighted by Crippen LogP contribution is -2.33. The van der Waals surface area contributed by atoms with Crippen molar-refractivity contribution in [2.24, 2.45) is 0 Å². The number of carbonyl (C=O) groups excluding carboxylic acids is 1. The van der Waals surface area contributed by atoms with E-state index in [1.807, 2.05) is 0 Å². The van der Waals surface area contributed by atoms with E-state index in [9.17, 15) is 14.7 Å². The zero-order valence-corrected chi connectivity index (χ0v) is 12.9. The zero-order valence-electron chi connectivity index (χ0n) is 12.9. The Morgan fingerprint density at radius 2 is 2.17 bits per heavy atom. The number of aryl methyl sites for hydroxylation is 1. The Kier molecular flexibility index (Phi) is 2.55. The maximum absolute atomic E-state index is 12.3. The molecule has 24 heavy (non-hydrogen) atoms. The van der Waals surface area contributed by atoms with Gasteiger partial charge in [-0.05, 0) is 12.0 Å². The molecule has 0 bridgehead atoms. The number of ketones is 1. The van der Waals surface area contributed by atoms with E-state index >= 15 is 0 Å². The molecular weight excluding hydrogens is 333 g/mol. The molecule has 3 heterocycles. The second-order valence-corrected chi connectivity index (χ2v) is 6.32. The van der Waals surface area contributed by atoms with Crippen LogP contribution in [0.4, 0.5) is 0 Å². The molecule has 1 aliphatic carbocycles. The van der Waals surface area contributed by atoms with E-state index in [0.29, 0.717) is 47.5 Å². The number of methoxy groups -OCH3 is 1. The third-order valence-electron chi connectivity index (χ3n) is 5.12. The van der Waals surface area contributed by atoms with Gasteiger partial charge in [-0.3, -0.25) is 4.79 Å². The molecule has 1 saturated heterocycles. The first-order valence-corrected chi connectivity index (χ1v) is 7.79. The second-order valence-electron chi connectivity index (χ2n) is 6.32. The summed E-state index contributed by atoms with van der Waals surface area (Å²) in [6.07, 6.45) is 0.227. The van der Waals surface area contributed by atoms with E-state index in [2.05, 4.69) is 0 Å². The van der Waals surface area contributed by atoms with Crippen LogP contribution in [-0.4, -0.2) is 30.9 Å². The molecule has 0 radical (unpaired) electrons. The van der Waals surface area contributed by atoms with Gasteiger partial charge in [0.05, 0.1) is 24.7 Å². The minimum Gasteiger partial charge on any atom is -0.496 e. The smallest absolute Gasteiger partial charge is 0.347 e. The normalized spacial score (nSPS) is 27.1. The predicted octanol–water partition coefficient (Wildman–Crippen LogP) is 1.26. The molecule has 2 unspecified atom stereocenters. The number of rotatable bonds is 1. The quantitative estimate of drug-likeness (QED) is 0.613. The molecule has 1 fully saturated rings. The van der Waals surface area contributed by atoms with Gasteiger partial charge in [0, 0.05) is 18.9 Å². The fourth-order valence-corrected chi connectivity index (χ4v) is 4.02. The Labute approximate surface area is 135 Å². The largest absolute Gasteiger partial charge is 0.496 e. The average Bonchev–Trinajstić information content (AvgIpc) is 3.17. The molecule has 124 valence electrons. The fraction of sp³-hybridized carbons (Fsp3) is 0.412. The van der Waals surface area contributed by atoms with Gasteiger partial charge in [0.1, 0.15) is 17.1 Å². The lowest BCUT2D eigenvalue weighted by molar-refractivity contribution is -0.123. The molecule has 7 nitrogen and oxygen atoms in total. The topological polar surface area (TPSA) is 95.2 Å². The second kappa shape index (κ2) is 4.37. The van der Waals surface area contributed by atoms with Gasteiger partial charge >= 0.3 is 5.63 Å². The summed E-state index contributed by atoms with van der Waals surface area (Å²) in [5.74, 6) is 0.598. The van der Waals surface area contributed by atoms with Crippen molar-refractivity contribution < 1.29 is 28.5 Å². The molecule has 1 N–H and O–H groups in total. The number of aliphatic hydroxyl groups is 1. The van der Waals surface area contributed by atoms with Crippen molar-refractivity contribution in [1.82, 2.24) is 0 Å². The number of carbonyl (C=O) groups is 1. The lowest BCUT2D eigenvalue weighted by atomic mass is 10.9. The van der Waals surface area contributed by atoms with Gasteiger partial charge in [0.25, 0.3) is 0 Å². The van der Waals surface area contributed by atoms with Crippen LogP contribution in [0.25, 0.3) is 11.0 Å². The number of hydrogen-bond acceptors (Lipinski definition) is 7. The first-order valence-electron chi connectivity index (χ1n) is 7.79. The standard InChI is InChI=1S/C17H14O7/c1-21-9-6-10-13(17(20)4-5-22-16(17)23-10)14-12(9)7-2-3-8(18)11(7)15(19)24-14/h6,16,20H,2-5H2,1H3/i1+1,2+1,3+1,4+1,5+1,6+1,7+1,8+1,9+1,10+1,11+1,12+1,13+1,14+1,15+1,16+1,17+1. The number of hydrogen-bond donors (Lipinski definition) is 1. The van der Waals surface area contributed by atoms with Gasteiger partial charge in [-0.1, -0.05) is 0 Å². The van der Waals surface area contributed by atoms with Crippen molar-refractivity contribution >= 4 is 16.8 Å². The fourth-order valence-electron chi connectivity index (χ4n) is 4.02. The molecule has 0 saturated carbocycles. The van der Waals surface area contributed by atoms with Crippen LogP contribution in [-0.2, 0) is 16.8 Å². The predicted molar refractivity (Wildman–Crippen MR) is 80.6 cm³/mol. The van der Waals surface area contributed by atoms with Crippen LogP contribution in [0.2, 0.25) is 0 Å². The van der Waals surface area contributed by atoms with E-state index < -0.39 is 17.5 Å². The molecule has 2 aliphatic heterocycles. The summed E-state index contributed by atoms with van der Waals surface area (Å²) in [5, 5.41) is 11.6. The molecule has 0 amide bonds. The van der Waals surface area contributed by atoms with Gasteiger partial charge in [-0.25, -0.2) is 4.79 Å². The summed E-state index contributed by atoms with van der Waals surface area (Å²) in [4.78, 5) is 24.4. The number of fused-ring (bicyclic) bond motifs is 7. The summed E-state index contributed by atoms with van der Waals surface area (Å²) in [6, 6.07) is 1.65. The summed E-state index contributed by atoms with van der Waals surface area (Å²) < 4.78 is 22.0. The Morgan fingerprint density at radius 3 is 2.96 bits per heavy atom. The summed E-state index contributed by atoms with van der Waals surface area (Å²) >= 11 is 0. The van der Waals surface area contributed by atoms with Gasteiger partial charge < -0.3 is 23.7 Å². The minimum absolute atomic E-state index is 0.0888. The average molecular weight is 347 g/mol. The number of Topliss-reactive ketones (excluding diaryl/α,β-unsaturated/α-hetero) is 1. The third kappa shape index (κ3) is 1.49. The third-order valence-corrected chi connectivity index (χ3v) is 5.12. The minimum atomic E-state index is -1.37. The highest BCUT2D eigenvalue weighted by atomic mass is 16.9. The highest BCUT2D eigenvalue weighted by molar-refractivity contribution is 6.06. The van der Waals surface area contributed by atoms with Crippen molar-refractivity contribution in [3.8, 4) is 11.5 Å². The molecule has 7 heteroatoms.